The Morgan fingerprint density at radius 2 is 2.05 bits per heavy atom. The summed E-state index contributed by atoms with van der Waals surface area (Å²) >= 11 is 0. The molecule has 104 valence electrons. The van der Waals surface area contributed by atoms with Crippen LogP contribution in [0.3, 0.4) is 0 Å². The molecule has 0 aliphatic carbocycles. The minimum Gasteiger partial charge on any atom is -0.385 e. The molecule has 0 unspecified atom stereocenters. The maximum atomic E-state index is 9.61. The van der Waals surface area contributed by atoms with Crippen LogP contribution in [0.5, 0.6) is 0 Å². The Morgan fingerprint density at radius 3 is 2.90 bits per heavy atom. The third kappa shape index (κ3) is 1.90. The molecule has 0 aliphatic heterocycles. The molecule has 0 saturated heterocycles. The van der Waals surface area contributed by atoms with Crippen LogP contribution < -0.4 is 0 Å². The van der Waals surface area contributed by atoms with Crippen LogP contribution in [-0.4, -0.2) is 24.9 Å². The lowest BCUT2D eigenvalue weighted by atomic mass is 10.2. The molecule has 0 spiro atoms. The maximum Gasteiger partial charge on any atom is 0.135 e. The molecule has 2 heterocycles. The van der Waals surface area contributed by atoms with Crippen LogP contribution in [0.2, 0.25) is 0 Å². The van der Waals surface area contributed by atoms with Crippen LogP contribution in [0.25, 0.3) is 27.6 Å². The van der Waals surface area contributed by atoms with Crippen LogP contribution >= 0.6 is 0 Å². The average Bonchev–Trinajstić information content (AvgIpc) is 3.10. The summed E-state index contributed by atoms with van der Waals surface area (Å²) in [5.41, 5.74) is 3.76. The predicted molar refractivity (Wildman–Crippen MR) is 81.4 cm³/mol. The van der Waals surface area contributed by atoms with E-state index in [0.717, 1.165) is 27.6 Å². The number of aliphatic hydroxyl groups excluding tert-OH is 1. The fraction of sp³-hybridized carbons (Fsp3) is 0.125. The van der Waals surface area contributed by atoms with Crippen molar-refractivity contribution in [3.63, 3.8) is 0 Å². The largest absolute Gasteiger partial charge is 0.385 e. The van der Waals surface area contributed by atoms with Crippen molar-refractivity contribution in [3.8, 4) is 5.69 Å². The van der Waals surface area contributed by atoms with E-state index < -0.39 is 6.10 Å². The Kier molecular flexibility index (Phi) is 2.55. The van der Waals surface area contributed by atoms with Gasteiger partial charge in [0.05, 0.1) is 28.4 Å². The van der Waals surface area contributed by atoms with Crippen molar-refractivity contribution < 1.29 is 5.11 Å². The minimum atomic E-state index is -0.605. The van der Waals surface area contributed by atoms with Gasteiger partial charge in [0.25, 0.3) is 0 Å². The van der Waals surface area contributed by atoms with E-state index in [4.69, 9.17) is 0 Å². The number of benzene rings is 2. The molecular weight excluding hydrogens is 264 g/mol. The summed E-state index contributed by atoms with van der Waals surface area (Å²) in [6.07, 6.45) is 1.25. The summed E-state index contributed by atoms with van der Waals surface area (Å²) in [6, 6.07) is 14.0. The van der Waals surface area contributed by atoms with Crippen LogP contribution in [0, 0.1) is 0 Å². The number of aromatic nitrogens is 4. The number of aromatic amines is 1. The first-order valence-electron chi connectivity index (χ1n) is 6.83. The van der Waals surface area contributed by atoms with Gasteiger partial charge in [-0.05, 0) is 31.2 Å². The lowest BCUT2D eigenvalue weighted by molar-refractivity contribution is 0.190. The fourth-order valence-electron chi connectivity index (χ4n) is 2.52. The monoisotopic (exact) mass is 278 g/mol. The fourth-order valence-corrected chi connectivity index (χ4v) is 2.52. The summed E-state index contributed by atoms with van der Waals surface area (Å²) in [6.45, 7) is 1.69. The van der Waals surface area contributed by atoms with Crippen molar-refractivity contribution in [2.75, 3.05) is 0 Å². The number of nitrogens with one attached hydrogen (secondary N) is 1. The molecule has 0 amide bonds. The van der Waals surface area contributed by atoms with Crippen molar-refractivity contribution in [1.82, 2.24) is 19.7 Å². The van der Waals surface area contributed by atoms with Crippen molar-refractivity contribution in [2.24, 2.45) is 0 Å². The van der Waals surface area contributed by atoms with Gasteiger partial charge in [0.2, 0.25) is 0 Å². The summed E-state index contributed by atoms with van der Waals surface area (Å²) in [7, 11) is 0. The highest BCUT2D eigenvalue weighted by Gasteiger charge is 2.10. The van der Waals surface area contributed by atoms with Gasteiger partial charge in [-0.1, -0.05) is 18.2 Å². The molecule has 0 aliphatic rings. The molecule has 5 nitrogen and oxygen atoms in total. The zero-order valence-electron chi connectivity index (χ0n) is 11.5. The SMILES string of the molecule is C[C@@H](O)c1nc2ccc(-n3ncc4ccccc43)cc2[nH]1. The third-order valence-corrected chi connectivity index (χ3v) is 3.60. The van der Waals surface area contributed by atoms with E-state index in [0.29, 0.717) is 5.82 Å². The Balaban J connectivity index is 1.90. The normalized spacial score (nSPS) is 13.0. The summed E-state index contributed by atoms with van der Waals surface area (Å²) in [5, 5.41) is 15.2. The highest BCUT2D eigenvalue weighted by molar-refractivity contribution is 5.82. The van der Waals surface area contributed by atoms with Gasteiger partial charge < -0.3 is 10.1 Å². The highest BCUT2D eigenvalue weighted by atomic mass is 16.3. The van der Waals surface area contributed by atoms with E-state index >= 15 is 0 Å². The molecule has 0 fully saturated rings. The summed E-state index contributed by atoms with van der Waals surface area (Å²) in [5.74, 6) is 0.576. The first-order valence-corrected chi connectivity index (χ1v) is 6.83. The van der Waals surface area contributed by atoms with Crippen molar-refractivity contribution in [3.05, 3.63) is 54.5 Å². The molecular formula is C16H14N4O. The van der Waals surface area contributed by atoms with E-state index in [1.54, 1.807) is 6.92 Å². The standard InChI is InChI=1S/C16H14N4O/c1-10(21)16-18-13-7-6-12(8-14(13)19-16)20-15-5-3-2-4-11(15)9-17-20/h2-10,21H,1H3,(H,18,19)/t10-/m1/s1. The summed E-state index contributed by atoms with van der Waals surface area (Å²) < 4.78 is 1.90. The third-order valence-electron chi connectivity index (χ3n) is 3.60. The zero-order chi connectivity index (χ0) is 14.4. The number of rotatable bonds is 2. The van der Waals surface area contributed by atoms with Gasteiger partial charge in [0, 0.05) is 5.39 Å². The van der Waals surface area contributed by atoms with Crippen LogP contribution in [0.4, 0.5) is 0 Å². The number of hydrogen-bond donors (Lipinski definition) is 2. The molecule has 2 N–H and O–H groups in total. The van der Waals surface area contributed by atoms with Gasteiger partial charge in [-0.2, -0.15) is 5.10 Å². The number of aliphatic hydroxyl groups is 1. The molecule has 1 atom stereocenters. The van der Waals surface area contributed by atoms with Gasteiger partial charge in [-0.15, -0.1) is 0 Å². The number of H-pyrrole nitrogens is 1. The second kappa shape index (κ2) is 4.43. The number of imidazole rings is 1. The number of hydrogen-bond acceptors (Lipinski definition) is 3. The Morgan fingerprint density at radius 1 is 1.19 bits per heavy atom. The lowest BCUT2D eigenvalue weighted by Gasteiger charge is -2.03. The van der Waals surface area contributed by atoms with Gasteiger partial charge in [-0.3, -0.25) is 0 Å². The number of nitrogens with zero attached hydrogens (tertiary/aromatic N) is 3. The average molecular weight is 278 g/mol. The molecule has 21 heavy (non-hydrogen) atoms. The topological polar surface area (TPSA) is 66.7 Å². The molecule has 2 aromatic carbocycles. The second-order valence-corrected chi connectivity index (χ2v) is 5.11. The Hall–Kier alpha value is -2.66. The van der Waals surface area contributed by atoms with Crippen molar-refractivity contribution >= 4 is 21.9 Å². The van der Waals surface area contributed by atoms with E-state index in [1.807, 2.05) is 53.3 Å². The van der Waals surface area contributed by atoms with Gasteiger partial charge in [0.1, 0.15) is 11.9 Å². The lowest BCUT2D eigenvalue weighted by Crippen LogP contribution is -1.95. The molecule has 0 bridgehead atoms. The highest BCUT2D eigenvalue weighted by Crippen LogP contribution is 2.22. The zero-order valence-corrected chi connectivity index (χ0v) is 11.5. The van der Waals surface area contributed by atoms with E-state index in [2.05, 4.69) is 15.1 Å². The molecule has 4 aromatic rings. The Labute approximate surface area is 120 Å². The van der Waals surface area contributed by atoms with E-state index in [-0.39, 0.29) is 0 Å². The second-order valence-electron chi connectivity index (χ2n) is 5.11. The molecule has 0 radical (unpaired) electrons. The van der Waals surface area contributed by atoms with Crippen LogP contribution in [0.15, 0.2) is 48.7 Å². The summed E-state index contributed by atoms with van der Waals surface area (Å²) in [4.78, 5) is 7.50. The molecule has 0 saturated carbocycles. The molecule has 4 rings (SSSR count). The van der Waals surface area contributed by atoms with Crippen LogP contribution in [-0.2, 0) is 0 Å². The predicted octanol–water partition coefficient (Wildman–Crippen LogP) is 2.96. The van der Waals surface area contributed by atoms with Gasteiger partial charge >= 0.3 is 0 Å². The first kappa shape index (κ1) is 12.1. The van der Waals surface area contributed by atoms with Gasteiger partial charge in [-0.25, -0.2) is 9.67 Å². The smallest absolute Gasteiger partial charge is 0.135 e. The molecule has 2 aromatic heterocycles. The van der Waals surface area contributed by atoms with E-state index in [1.165, 1.54) is 0 Å². The number of para-hydroxylation sites is 1. The van der Waals surface area contributed by atoms with Crippen molar-refractivity contribution in [1.29, 1.82) is 0 Å². The maximum absolute atomic E-state index is 9.61. The molecule has 5 heteroatoms. The van der Waals surface area contributed by atoms with E-state index in [9.17, 15) is 5.11 Å². The van der Waals surface area contributed by atoms with Gasteiger partial charge in [0.15, 0.2) is 0 Å². The van der Waals surface area contributed by atoms with Crippen LogP contribution in [0.1, 0.15) is 18.9 Å². The first-order chi connectivity index (χ1) is 10.2. The van der Waals surface area contributed by atoms with Crippen molar-refractivity contribution in [2.45, 2.75) is 13.0 Å². The quantitative estimate of drug-likeness (QED) is 0.592. The number of fused-ring (bicyclic) bond motifs is 2. The Bertz CT molecular complexity index is 936. The minimum absolute atomic E-state index is 0.576.